The van der Waals surface area contributed by atoms with E-state index in [1.165, 1.54) is 0 Å². The van der Waals surface area contributed by atoms with E-state index in [0.717, 1.165) is 10.6 Å². The summed E-state index contributed by atoms with van der Waals surface area (Å²) in [6, 6.07) is 14.6. The van der Waals surface area contributed by atoms with Gasteiger partial charge in [0, 0.05) is 15.6 Å². The van der Waals surface area contributed by atoms with Crippen LogP contribution in [0, 0.1) is 0 Å². The Bertz CT molecular complexity index is 599. The third-order valence-corrected chi connectivity index (χ3v) is 3.85. The first-order valence-corrected chi connectivity index (χ1v) is 8.06. The van der Waals surface area contributed by atoms with Crippen LogP contribution >= 0.6 is 23.4 Å². The maximum Gasteiger partial charge on any atom is 0.265 e. The van der Waals surface area contributed by atoms with Crippen molar-refractivity contribution in [2.75, 3.05) is 11.6 Å². The zero-order chi connectivity index (χ0) is 15.2. The fraction of sp³-hybridized carbons (Fsp3) is 0.188. The van der Waals surface area contributed by atoms with Gasteiger partial charge < -0.3 is 10.1 Å². The third kappa shape index (κ3) is 4.69. The minimum atomic E-state index is -0.591. The summed E-state index contributed by atoms with van der Waals surface area (Å²) in [7, 11) is 0. The van der Waals surface area contributed by atoms with Gasteiger partial charge in [-0.2, -0.15) is 0 Å². The maximum absolute atomic E-state index is 12.1. The predicted octanol–water partition coefficient (Wildman–Crippen LogP) is 4.47. The maximum atomic E-state index is 12.1. The SMILES string of the molecule is CSc1ccc(NC(=O)C(C)Oc2ccc(Cl)cc2)cc1. The van der Waals surface area contributed by atoms with Crippen molar-refractivity contribution < 1.29 is 9.53 Å². The molecule has 0 heterocycles. The van der Waals surface area contributed by atoms with Crippen LogP contribution < -0.4 is 10.1 Å². The number of thioether (sulfide) groups is 1. The Labute approximate surface area is 133 Å². The molecule has 0 bridgehead atoms. The Morgan fingerprint density at radius 3 is 2.33 bits per heavy atom. The first kappa shape index (κ1) is 15.7. The zero-order valence-corrected chi connectivity index (χ0v) is 13.4. The Morgan fingerprint density at radius 1 is 1.14 bits per heavy atom. The minimum absolute atomic E-state index is 0.193. The van der Waals surface area contributed by atoms with E-state index >= 15 is 0 Å². The number of carbonyl (C=O) groups is 1. The average Bonchev–Trinajstić information content (AvgIpc) is 2.50. The summed E-state index contributed by atoms with van der Waals surface area (Å²) in [4.78, 5) is 13.2. The second-order valence-electron chi connectivity index (χ2n) is 4.43. The third-order valence-electron chi connectivity index (χ3n) is 2.85. The largest absolute Gasteiger partial charge is 0.481 e. The molecule has 0 aliphatic heterocycles. The Morgan fingerprint density at radius 2 is 1.76 bits per heavy atom. The van der Waals surface area contributed by atoms with Crippen LogP contribution in [-0.2, 0) is 4.79 Å². The number of halogens is 1. The highest BCUT2D eigenvalue weighted by Gasteiger charge is 2.14. The topological polar surface area (TPSA) is 38.3 Å². The molecule has 1 unspecified atom stereocenters. The van der Waals surface area contributed by atoms with Crippen molar-refractivity contribution in [2.45, 2.75) is 17.9 Å². The standard InChI is InChI=1S/C16H16ClNO2S/c1-11(20-14-7-3-12(17)4-8-14)16(19)18-13-5-9-15(21-2)10-6-13/h3-11H,1-2H3,(H,18,19). The summed E-state index contributed by atoms with van der Waals surface area (Å²) in [6.45, 7) is 1.71. The predicted molar refractivity (Wildman–Crippen MR) is 88.4 cm³/mol. The summed E-state index contributed by atoms with van der Waals surface area (Å²) in [5, 5.41) is 3.46. The molecule has 2 rings (SSSR count). The molecule has 2 aromatic rings. The van der Waals surface area contributed by atoms with Gasteiger partial charge >= 0.3 is 0 Å². The van der Waals surface area contributed by atoms with Crippen LogP contribution in [0.2, 0.25) is 5.02 Å². The molecule has 1 atom stereocenters. The van der Waals surface area contributed by atoms with E-state index in [1.54, 1.807) is 43.0 Å². The molecule has 0 radical (unpaired) electrons. The first-order valence-electron chi connectivity index (χ1n) is 6.45. The number of amides is 1. The smallest absolute Gasteiger partial charge is 0.265 e. The van der Waals surface area contributed by atoms with Crippen molar-refractivity contribution in [3.05, 3.63) is 53.6 Å². The molecule has 0 aromatic heterocycles. The lowest BCUT2D eigenvalue weighted by Crippen LogP contribution is -2.30. The van der Waals surface area contributed by atoms with Crippen LogP contribution in [0.1, 0.15) is 6.92 Å². The molecule has 1 amide bonds. The Balaban J connectivity index is 1.93. The number of hydrogen-bond donors (Lipinski definition) is 1. The molecule has 0 fully saturated rings. The van der Waals surface area contributed by atoms with Crippen molar-refractivity contribution in [1.82, 2.24) is 0 Å². The molecule has 1 N–H and O–H groups in total. The summed E-state index contributed by atoms with van der Waals surface area (Å²) < 4.78 is 5.57. The van der Waals surface area contributed by atoms with Crippen LogP contribution in [0.3, 0.4) is 0 Å². The number of benzene rings is 2. The lowest BCUT2D eigenvalue weighted by atomic mass is 10.3. The molecule has 2 aromatic carbocycles. The Hall–Kier alpha value is -1.65. The van der Waals surface area contributed by atoms with E-state index in [9.17, 15) is 4.79 Å². The summed E-state index contributed by atoms with van der Waals surface area (Å²) in [5.74, 6) is 0.418. The second kappa shape index (κ2) is 7.38. The van der Waals surface area contributed by atoms with Crippen molar-refractivity contribution in [3.63, 3.8) is 0 Å². The zero-order valence-electron chi connectivity index (χ0n) is 11.8. The van der Waals surface area contributed by atoms with Gasteiger partial charge in [0.25, 0.3) is 5.91 Å². The summed E-state index contributed by atoms with van der Waals surface area (Å²) in [6.07, 6.45) is 1.42. The highest BCUT2D eigenvalue weighted by atomic mass is 35.5. The highest BCUT2D eigenvalue weighted by molar-refractivity contribution is 7.98. The number of nitrogens with one attached hydrogen (secondary N) is 1. The molecular formula is C16H16ClNO2S. The van der Waals surface area contributed by atoms with Crippen LogP contribution in [-0.4, -0.2) is 18.3 Å². The van der Waals surface area contributed by atoms with Gasteiger partial charge in [0.1, 0.15) is 5.75 Å². The number of carbonyl (C=O) groups excluding carboxylic acids is 1. The molecule has 0 spiro atoms. The number of rotatable bonds is 5. The first-order chi connectivity index (χ1) is 10.1. The lowest BCUT2D eigenvalue weighted by Gasteiger charge is -2.15. The van der Waals surface area contributed by atoms with Gasteiger partial charge in [-0.1, -0.05) is 11.6 Å². The molecule has 5 heteroatoms. The molecule has 0 aliphatic rings. The number of ether oxygens (including phenoxy) is 1. The van der Waals surface area contributed by atoms with Crippen LogP contribution in [0.15, 0.2) is 53.4 Å². The van der Waals surface area contributed by atoms with Gasteiger partial charge in [-0.15, -0.1) is 11.8 Å². The van der Waals surface area contributed by atoms with E-state index < -0.39 is 6.10 Å². The van der Waals surface area contributed by atoms with Gasteiger partial charge in [-0.25, -0.2) is 0 Å². The van der Waals surface area contributed by atoms with Crippen molar-refractivity contribution in [3.8, 4) is 5.75 Å². The molecule has 21 heavy (non-hydrogen) atoms. The molecule has 110 valence electrons. The van der Waals surface area contributed by atoms with E-state index in [-0.39, 0.29) is 5.91 Å². The fourth-order valence-corrected chi connectivity index (χ4v) is 2.22. The van der Waals surface area contributed by atoms with Crippen molar-refractivity contribution >= 4 is 35.0 Å². The molecular weight excluding hydrogens is 306 g/mol. The number of anilines is 1. The highest BCUT2D eigenvalue weighted by Crippen LogP contribution is 2.19. The fourth-order valence-electron chi connectivity index (χ4n) is 1.69. The van der Waals surface area contributed by atoms with Crippen LogP contribution in [0.5, 0.6) is 5.75 Å². The van der Waals surface area contributed by atoms with Gasteiger partial charge in [0.05, 0.1) is 0 Å². The normalized spacial score (nSPS) is 11.8. The van der Waals surface area contributed by atoms with E-state index in [1.807, 2.05) is 30.5 Å². The van der Waals surface area contributed by atoms with Crippen LogP contribution in [0.4, 0.5) is 5.69 Å². The summed E-state index contributed by atoms with van der Waals surface area (Å²) in [5.41, 5.74) is 0.754. The molecule has 0 aliphatic carbocycles. The molecule has 3 nitrogen and oxygen atoms in total. The lowest BCUT2D eigenvalue weighted by molar-refractivity contribution is -0.122. The van der Waals surface area contributed by atoms with Gasteiger partial charge in [-0.3, -0.25) is 4.79 Å². The van der Waals surface area contributed by atoms with Crippen LogP contribution in [0.25, 0.3) is 0 Å². The average molecular weight is 322 g/mol. The van der Waals surface area contributed by atoms with Crippen molar-refractivity contribution in [2.24, 2.45) is 0 Å². The molecule has 0 saturated carbocycles. The van der Waals surface area contributed by atoms with Crippen molar-refractivity contribution in [1.29, 1.82) is 0 Å². The quantitative estimate of drug-likeness (QED) is 0.826. The van der Waals surface area contributed by atoms with Gasteiger partial charge in [-0.05, 0) is 61.7 Å². The van der Waals surface area contributed by atoms with E-state index in [4.69, 9.17) is 16.3 Å². The molecule has 0 saturated heterocycles. The second-order valence-corrected chi connectivity index (χ2v) is 5.75. The Kier molecular flexibility index (Phi) is 5.53. The minimum Gasteiger partial charge on any atom is -0.481 e. The number of hydrogen-bond acceptors (Lipinski definition) is 3. The monoisotopic (exact) mass is 321 g/mol. The summed E-state index contributed by atoms with van der Waals surface area (Å²) >= 11 is 7.46. The van der Waals surface area contributed by atoms with E-state index in [2.05, 4.69) is 5.32 Å². The van der Waals surface area contributed by atoms with E-state index in [0.29, 0.717) is 10.8 Å². The van der Waals surface area contributed by atoms with Gasteiger partial charge in [0.15, 0.2) is 6.10 Å². The van der Waals surface area contributed by atoms with Gasteiger partial charge in [0.2, 0.25) is 0 Å².